The molecule has 4 heteroatoms. The van der Waals surface area contributed by atoms with Gasteiger partial charge in [0.25, 0.3) is 0 Å². The summed E-state index contributed by atoms with van der Waals surface area (Å²) in [6.45, 7) is 2.36. The topological polar surface area (TPSA) is 31.5 Å². The largest absolute Gasteiger partial charge is 0.412 e. The minimum atomic E-state index is 0. The first-order valence-corrected chi connectivity index (χ1v) is 4.53. The summed E-state index contributed by atoms with van der Waals surface area (Å²) in [5, 5.41) is 0. The van der Waals surface area contributed by atoms with Gasteiger partial charge in [0.15, 0.2) is 0 Å². The van der Waals surface area contributed by atoms with E-state index in [1.165, 1.54) is 32.1 Å². The molecule has 0 spiro atoms. The predicted molar refractivity (Wildman–Crippen MR) is 57.0 cm³/mol. The van der Waals surface area contributed by atoms with E-state index in [1.807, 2.05) is 0 Å². The highest BCUT2D eigenvalue weighted by atomic mass is 19.1. The first-order chi connectivity index (χ1) is 6.39. The number of rotatable bonds is 0. The van der Waals surface area contributed by atoms with E-state index in [9.17, 15) is 13.2 Å². The van der Waals surface area contributed by atoms with Gasteiger partial charge in [0.05, 0.1) is 21.5 Å². The second-order valence-corrected chi connectivity index (χ2v) is 2.74. The standard InChI is InChI=1S/C7H14.3CH3F.H2O/c1-7-5-3-2-4-6-7;3*1-2;/h7H,2-6H2,1H3;3*1H3;1H2. The highest BCUT2D eigenvalue weighted by Crippen LogP contribution is 2.21. The summed E-state index contributed by atoms with van der Waals surface area (Å²) in [7, 11) is 1.50. The van der Waals surface area contributed by atoms with E-state index in [0.29, 0.717) is 21.5 Å². The maximum Gasteiger partial charge on any atom is 0.0785 e. The van der Waals surface area contributed by atoms with E-state index in [4.69, 9.17) is 0 Å². The Balaban J connectivity index is -0.0000000625. The summed E-state index contributed by atoms with van der Waals surface area (Å²) in [6, 6.07) is 0. The van der Waals surface area contributed by atoms with Crippen molar-refractivity contribution in [1.82, 2.24) is 0 Å². The Morgan fingerprint density at radius 1 is 0.714 bits per heavy atom. The Bertz CT molecular complexity index is 57.3. The van der Waals surface area contributed by atoms with Crippen LogP contribution in [-0.4, -0.2) is 27.0 Å². The fraction of sp³-hybridized carbons (Fsp3) is 1.00. The smallest absolute Gasteiger partial charge is 0.0785 e. The molecule has 0 radical (unpaired) electrons. The summed E-state index contributed by atoms with van der Waals surface area (Å²) < 4.78 is 28.5. The second kappa shape index (κ2) is 29.3. The Morgan fingerprint density at radius 3 is 1.14 bits per heavy atom. The van der Waals surface area contributed by atoms with Gasteiger partial charge in [-0.3, -0.25) is 13.2 Å². The van der Waals surface area contributed by atoms with Crippen molar-refractivity contribution in [3.05, 3.63) is 0 Å². The monoisotopic (exact) mass is 218 g/mol. The average molecular weight is 218 g/mol. The molecule has 14 heavy (non-hydrogen) atoms. The maximum absolute atomic E-state index is 9.50. The molecule has 0 aromatic rings. The lowest BCUT2D eigenvalue weighted by Crippen LogP contribution is -1.99. The zero-order valence-corrected chi connectivity index (χ0v) is 9.75. The molecular weight excluding hydrogens is 193 g/mol. The first kappa shape index (κ1) is 23.5. The molecule has 0 aromatic heterocycles. The van der Waals surface area contributed by atoms with Gasteiger partial charge in [-0.1, -0.05) is 39.0 Å². The van der Waals surface area contributed by atoms with Crippen molar-refractivity contribution in [2.75, 3.05) is 21.5 Å². The van der Waals surface area contributed by atoms with E-state index in [-0.39, 0.29) is 5.48 Å². The van der Waals surface area contributed by atoms with E-state index in [2.05, 4.69) is 6.92 Å². The minimum Gasteiger partial charge on any atom is -0.412 e. The van der Waals surface area contributed by atoms with E-state index < -0.39 is 0 Å². The quantitative estimate of drug-likeness (QED) is 0.596. The van der Waals surface area contributed by atoms with E-state index in [1.54, 1.807) is 0 Å². The van der Waals surface area contributed by atoms with Crippen LogP contribution >= 0.6 is 0 Å². The van der Waals surface area contributed by atoms with Gasteiger partial charge in [-0.25, -0.2) is 0 Å². The average Bonchev–Trinajstić information content (AvgIpc) is 2.28. The van der Waals surface area contributed by atoms with Gasteiger partial charge in [-0.2, -0.15) is 0 Å². The van der Waals surface area contributed by atoms with Crippen molar-refractivity contribution in [2.45, 2.75) is 39.0 Å². The molecule has 1 saturated carbocycles. The third-order valence-corrected chi connectivity index (χ3v) is 1.89. The van der Waals surface area contributed by atoms with Crippen molar-refractivity contribution >= 4 is 0 Å². The molecule has 1 aliphatic rings. The van der Waals surface area contributed by atoms with Gasteiger partial charge in [0.2, 0.25) is 0 Å². The molecule has 1 rings (SSSR count). The third kappa shape index (κ3) is 22.6. The van der Waals surface area contributed by atoms with Crippen LogP contribution in [0.5, 0.6) is 0 Å². The number of halogens is 3. The highest BCUT2D eigenvalue weighted by Gasteiger charge is 2.05. The SMILES string of the molecule is CC1CCCCC1.CF.CF.CF.O. The molecule has 0 heterocycles. The molecule has 1 nitrogen and oxygen atoms in total. The highest BCUT2D eigenvalue weighted by molar-refractivity contribution is 4.59. The lowest BCUT2D eigenvalue weighted by atomic mass is 9.91. The van der Waals surface area contributed by atoms with E-state index >= 15 is 0 Å². The number of hydrogen-bond acceptors (Lipinski definition) is 0. The van der Waals surface area contributed by atoms with Crippen LogP contribution in [-0.2, 0) is 0 Å². The van der Waals surface area contributed by atoms with Crippen molar-refractivity contribution in [2.24, 2.45) is 5.92 Å². The summed E-state index contributed by atoms with van der Waals surface area (Å²) in [5.74, 6) is 1.04. The first-order valence-electron chi connectivity index (χ1n) is 4.53. The third-order valence-electron chi connectivity index (χ3n) is 1.89. The van der Waals surface area contributed by atoms with Gasteiger partial charge >= 0.3 is 0 Å². The minimum absolute atomic E-state index is 0. The Morgan fingerprint density at radius 2 is 1.00 bits per heavy atom. The molecule has 0 aromatic carbocycles. The summed E-state index contributed by atoms with van der Waals surface area (Å²) in [5.41, 5.74) is 0. The summed E-state index contributed by atoms with van der Waals surface area (Å²) in [4.78, 5) is 0. The molecule has 1 fully saturated rings. The number of alkyl halides is 3. The Kier molecular flexibility index (Phi) is 49.2. The molecule has 0 saturated heterocycles. The normalized spacial score (nSPS) is 13.9. The molecule has 0 bridgehead atoms. The van der Waals surface area contributed by atoms with Crippen LogP contribution in [0.3, 0.4) is 0 Å². The van der Waals surface area contributed by atoms with Crippen molar-refractivity contribution < 1.29 is 18.6 Å². The fourth-order valence-corrected chi connectivity index (χ4v) is 1.31. The van der Waals surface area contributed by atoms with Crippen LogP contribution in [0.15, 0.2) is 0 Å². The van der Waals surface area contributed by atoms with Crippen molar-refractivity contribution in [3.8, 4) is 0 Å². The second-order valence-electron chi connectivity index (χ2n) is 2.74. The van der Waals surface area contributed by atoms with E-state index in [0.717, 1.165) is 5.92 Å². The molecule has 92 valence electrons. The molecule has 0 amide bonds. The fourth-order valence-electron chi connectivity index (χ4n) is 1.31. The van der Waals surface area contributed by atoms with Crippen LogP contribution in [0.4, 0.5) is 13.2 Å². The molecule has 1 aliphatic carbocycles. The maximum atomic E-state index is 9.50. The zero-order valence-electron chi connectivity index (χ0n) is 9.75. The van der Waals surface area contributed by atoms with Gasteiger partial charge in [-0.05, 0) is 5.92 Å². The van der Waals surface area contributed by atoms with Crippen molar-refractivity contribution in [1.29, 1.82) is 0 Å². The van der Waals surface area contributed by atoms with Crippen LogP contribution in [0.1, 0.15) is 39.0 Å². The lowest BCUT2D eigenvalue weighted by molar-refractivity contribution is 0.385. The molecule has 0 unspecified atom stereocenters. The van der Waals surface area contributed by atoms with Gasteiger partial charge in [-0.15, -0.1) is 0 Å². The number of hydrogen-bond donors (Lipinski definition) is 0. The zero-order chi connectivity index (χ0) is 11.1. The van der Waals surface area contributed by atoms with Gasteiger partial charge in [0.1, 0.15) is 0 Å². The van der Waals surface area contributed by atoms with Crippen LogP contribution in [0.2, 0.25) is 0 Å². The van der Waals surface area contributed by atoms with Gasteiger partial charge in [0, 0.05) is 0 Å². The molecule has 0 aliphatic heterocycles. The summed E-state index contributed by atoms with van der Waals surface area (Å²) >= 11 is 0. The van der Waals surface area contributed by atoms with Crippen LogP contribution in [0.25, 0.3) is 0 Å². The van der Waals surface area contributed by atoms with Crippen molar-refractivity contribution in [3.63, 3.8) is 0 Å². The summed E-state index contributed by atoms with van der Waals surface area (Å²) in [6.07, 6.45) is 7.44. The van der Waals surface area contributed by atoms with Crippen LogP contribution < -0.4 is 0 Å². The Labute approximate surface area is 86.0 Å². The lowest BCUT2D eigenvalue weighted by Gasteiger charge is -2.15. The molecule has 0 atom stereocenters. The Hall–Kier alpha value is -0.250. The molecular formula is C10H25F3O. The molecule has 2 N–H and O–H groups in total. The van der Waals surface area contributed by atoms with Gasteiger partial charge < -0.3 is 5.48 Å². The van der Waals surface area contributed by atoms with Crippen LogP contribution in [0, 0.1) is 5.92 Å². The predicted octanol–water partition coefficient (Wildman–Crippen LogP) is 3.52.